The summed E-state index contributed by atoms with van der Waals surface area (Å²) in [5.41, 5.74) is 0. The Hall–Kier alpha value is -0.610. The Labute approximate surface area is 90.3 Å². The first-order chi connectivity index (χ1) is 7.29. The molecule has 3 rings (SSSR count). The van der Waals surface area contributed by atoms with E-state index in [0.29, 0.717) is 5.92 Å². The number of carbonyl (C=O) groups is 1. The topological polar surface area (TPSA) is 47.6 Å². The van der Waals surface area contributed by atoms with Gasteiger partial charge >= 0.3 is 0 Å². The molecule has 1 N–H and O–H groups in total. The normalized spacial score (nSPS) is 34.9. The second kappa shape index (κ2) is 4.94. The molecular weight excluding hydrogens is 194 g/mol. The minimum absolute atomic E-state index is 0.0311. The minimum Gasteiger partial charge on any atom is -0.376 e. The van der Waals surface area contributed by atoms with Gasteiger partial charge in [-0.15, -0.1) is 0 Å². The lowest BCUT2D eigenvalue weighted by atomic mass is 10.00. The maximum absolute atomic E-state index is 11.4. The highest BCUT2D eigenvalue weighted by molar-refractivity contribution is 5.77. The van der Waals surface area contributed by atoms with Crippen LogP contribution in [0.5, 0.6) is 0 Å². The van der Waals surface area contributed by atoms with E-state index in [2.05, 4.69) is 5.32 Å². The lowest BCUT2D eigenvalue weighted by Crippen LogP contribution is -2.45. The highest BCUT2D eigenvalue weighted by Gasteiger charge is 2.33. The van der Waals surface area contributed by atoms with Crippen LogP contribution in [0, 0.1) is 5.92 Å². The van der Waals surface area contributed by atoms with E-state index in [1.54, 1.807) is 0 Å². The summed E-state index contributed by atoms with van der Waals surface area (Å²) in [6, 6.07) is 0.195. The number of nitrogens with one attached hydrogen (secondary N) is 1. The summed E-state index contributed by atoms with van der Waals surface area (Å²) in [6.45, 7) is 1.02. The SMILES string of the molecule is COCC(=O)NC1CCC2CCC1OC2. The molecule has 3 unspecified atom stereocenters. The monoisotopic (exact) mass is 213 g/mol. The number of rotatable bonds is 3. The van der Waals surface area contributed by atoms with Gasteiger partial charge in [-0.05, 0) is 31.6 Å². The van der Waals surface area contributed by atoms with Crippen molar-refractivity contribution in [2.24, 2.45) is 5.92 Å². The molecule has 4 heteroatoms. The van der Waals surface area contributed by atoms with Crippen molar-refractivity contribution in [2.75, 3.05) is 20.3 Å². The Balaban J connectivity index is 1.88. The fourth-order valence-corrected chi connectivity index (χ4v) is 2.52. The highest BCUT2D eigenvalue weighted by Crippen LogP contribution is 2.31. The summed E-state index contributed by atoms with van der Waals surface area (Å²) in [6.07, 6.45) is 4.79. The third kappa shape index (κ3) is 2.69. The van der Waals surface area contributed by atoms with Crippen LogP contribution in [0.3, 0.4) is 0 Å². The first-order valence-electron chi connectivity index (χ1n) is 5.69. The fourth-order valence-electron chi connectivity index (χ4n) is 2.52. The Morgan fingerprint density at radius 3 is 2.87 bits per heavy atom. The number of hydrogen-bond donors (Lipinski definition) is 1. The van der Waals surface area contributed by atoms with Crippen LogP contribution in [0.2, 0.25) is 0 Å². The van der Waals surface area contributed by atoms with Crippen LogP contribution in [-0.2, 0) is 14.3 Å². The molecule has 0 spiro atoms. The van der Waals surface area contributed by atoms with E-state index in [4.69, 9.17) is 9.47 Å². The summed E-state index contributed by atoms with van der Waals surface area (Å²) in [5.74, 6) is 0.682. The van der Waals surface area contributed by atoms with Gasteiger partial charge < -0.3 is 14.8 Å². The van der Waals surface area contributed by atoms with E-state index < -0.39 is 0 Å². The summed E-state index contributed by atoms with van der Waals surface area (Å²) in [7, 11) is 1.54. The van der Waals surface area contributed by atoms with E-state index in [-0.39, 0.29) is 24.7 Å². The van der Waals surface area contributed by atoms with Crippen molar-refractivity contribution in [3.63, 3.8) is 0 Å². The number of hydrogen-bond acceptors (Lipinski definition) is 3. The van der Waals surface area contributed by atoms with E-state index in [0.717, 1.165) is 19.4 Å². The lowest BCUT2D eigenvalue weighted by Gasteiger charge is -2.28. The van der Waals surface area contributed by atoms with Gasteiger partial charge in [-0.2, -0.15) is 0 Å². The third-order valence-corrected chi connectivity index (χ3v) is 3.36. The molecule has 1 aliphatic carbocycles. The maximum Gasteiger partial charge on any atom is 0.246 e. The molecule has 1 saturated carbocycles. The number of ether oxygens (including phenoxy) is 2. The number of fused-ring (bicyclic) bond motifs is 4. The van der Waals surface area contributed by atoms with Gasteiger partial charge in [0.25, 0.3) is 0 Å². The smallest absolute Gasteiger partial charge is 0.246 e. The maximum atomic E-state index is 11.4. The largest absolute Gasteiger partial charge is 0.376 e. The Morgan fingerprint density at radius 1 is 1.40 bits per heavy atom. The molecule has 3 fully saturated rings. The van der Waals surface area contributed by atoms with Crippen LogP contribution in [0.25, 0.3) is 0 Å². The molecule has 3 aliphatic rings. The average Bonchev–Trinajstić information content (AvgIpc) is 2.53. The molecule has 0 aromatic heterocycles. The molecule has 86 valence electrons. The van der Waals surface area contributed by atoms with Gasteiger partial charge in [0.15, 0.2) is 0 Å². The molecule has 0 aromatic carbocycles. The first-order valence-corrected chi connectivity index (χ1v) is 5.69. The van der Waals surface area contributed by atoms with Crippen molar-refractivity contribution >= 4 is 5.91 Å². The van der Waals surface area contributed by atoms with Gasteiger partial charge in [-0.25, -0.2) is 0 Å². The van der Waals surface area contributed by atoms with E-state index >= 15 is 0 Å². The van der Waals surface area contributed by atoms with Gasteiger partial charge in [-0.3, -0.25) is 4.79 Å². The Kier molecular flexibility index (Phi) is 3.59. The summed E-state index contributed by atoms with van der Waals surface area (Å²) >= 11 is 0. The van der Waals surface area contributed by atoms with Crippen molar-refractivity contribution < 1.29 is 14.3 Å². The number of methoxy groups -OCH3 is 1. The summed E-state index contributed by atoms with van der Waals surface area (Å²) in [5, 5.41) is 3.00. The number of amides is 1. The van der Waals surface area contributed by atoms with Crippen LogP contribution < -0.4 is 5.32 Å². The minimum atomic E-state index is -0.0311. The molecule has 15 heavy (non-hydrogen) atoms. The summed E-state index contributed by atoms with van der Waals surface area (Å²) in [4.78, 5) is 11.4. The molecule has 0 aromatic rings. The molecule has 1 amide bonds. The predicted octanol–water partition coefficient (Wildman–Crippen LogP) is 0.707. The first kappa shape index (κ1) is 10.9. The van der Waals surface area contributed by atoms with Gasteiger partial charge in [0.05, 0.1) is 12.1 Å². The van der Waals surface area contributed by atoms with Crippen LogP contribution in [-0.4, -0.2) is 38.4 Å². The van der Waals surface area contributed by atoms with E-state index in [9.17, 15) is 4.79 Å². The second-order valence-electron chi connectivity index (χ2n) is 4.50. The van der Waals surface area contributed by atoms with Crippen molar-refractivity contribution in [1.29, 1.82) is 0 Å². The molecule has 2 heterocycles. The van der Waals surface area contributed by atoms with Crippen molar-refractivity contribution in [3.05, 3.63) is 0 Å². The van der Waals surface area contributed by atoms with Crippen molar-refractivity contribution in [3.8, 4) is 0 Å². The summed E-state index contributed by atoms with van der Waals surface area (Å²) < 4.78 is 10.5. The molecule has 4 nitrogen and oxygen atoms in total. The van der Waals surface area contributed by atoms with Crippen LogP contribution in [0.1, 0.15) is 25.7 Å². The highest BCUT2D eigenvalue weighted by atomic mass is 16.5. The zero-order valence-corrected chi connectivity index (χ0v) is 9.20. The van der Waals surface area contributed by atoms with Gasteiger partial charge in [-0.1, -0.05) is 0 Å². The Bertz CT molecular complexity index is 224. The fraction of sp³-hybridized carbons (Fsp3) is 0.909. The van der Waals surface area contributed by atoms with Crippen molar-refractivity contribution in [2.45, 2.75) is 37.8 Å². The lowest BCUT2D eigenvalue weighted by molar-refractivity contribution is -0.127. The van der Waals surface area contributed by atoms with E-state index in [1.807, 2.05) is 0 Å². The van der Waals surface area contributed by atoms with E-state index in [1.165, 1.54) is 20.0 Å². The molecule has 0 radical (unpaired) electrons. The molecular formula is C11H19NO3. The quantitative estimate of drug-likeness (QED) is 0.751. The second-order valence-corrected chi connectivity index (χ2v) is 4.50. The molecule has 2 saturated heterocycles. The van der Waals surface area contributed by atoms with Crippen molar-refractivity contribution in [1.82, 2.24) is 5.32 Å². The number of carbonyl (C=O) groups excluding carboxylic acids is 1. The molecule has 2 aliphatic heterocycles. The predicted molar refractivity (Wildman–Crippen MR) is 55.5 cm³/mol. The van der Waals surface area contributed by atoms with Gasteiger partial charge in [0.1, 0.15) is 6.61 Å². The molecule has 2 bridgehead atoms. The van der Waals surface area contributed by atoms with Crippen LogP contribution in [0.4, 0.5) is 0 Å². The van der Waals surface area contributed by atoms with Crippen LogP contribution >= 0.6 is 0 Å². The Morgan fingerprint density at radius 2 is 2.20 bits per heavy atom. The third-order valence-electron chi connectivity index (χ3n) is 3.36. The van der Waals surface area contributed by atoms with Crippen LogP contribution in [0.15, 0.2) is 0 Å². The van der Waals surface area contributed by atoms with Gasteiger partial charge in [0.2, 0.25) is 5.91 Å². The average molecular weight is 213 g/mol. The molecule has 3 atom stereocenters. The standard InChI is InChI=1S/C11H19NO3/c1-14-7-11(13)12-9-4-2-8-3-5-10(9)15-6-8/h8-10H,2-7H2,1H3,(H,12,13). The zero-order chi connectivity index (χ0) is 10.7. The van der Waals surface area contributed by atoms with Gasteiger partial charge in [0, 0.05) is 13.7 Å². The zero-order valence-electron chi connectivity index (χ0n) is 9.20.